The van der Waals surface area contributed by atoms with Crippen LogP contribution in [0.4, 0.5) is 0 Å². The average molecular weight is 359 g/mol. The van der Waals surface area contributed by atoms with Crippen LogP contribution in [0.15, 0.2) is 41.6 Å². The van der Waals surface area contributed by atoms with Crippen molar-refractivity contribution in [2.45, 2.75) is 32.0 Å². The Morgan fingerprint density at radius 1 is 1.16 bits per heavy atom. The Bertz CT molecular complexity index is 658. The lowest BCUT2D eigenvalue weighted by Crippen LogP contribution is -2.29. The predicted octanol–water partition coefficient (Wildman–Crippen LogP) is 2.82. The Hall–Kier alpha value is -1.92. The standard InChI is InChI=1S/C19H26N4OS/c1-15-12-16(2)22-19(21-15)25-14-18(24)20-10-7-11-23(3)13-17-8-5-4-6-9-17/h4-6,8-9,12H,7,10-11,13-14H2,1-3H3,(H,20,24). The Balaban J connectivity index is 1.60. The Morgan fingerprint density at radius 2 is 1.84 bits per heavy atom. The minimum Gasteiger partial charge on any atom is -0.355 e. The van der Waals surface area contributed by atoms with E-state index in [9.17, 15) is 4.79 Å². The Morgan fingerprint density at radius 3 is 2.52 bits per heavy atom. The van der Waals surface area contributed by atoms with E-state index < -0.39 is 0 Å². The number of nitrogens with zero attached hydrogens (tertiary/aromatic N) is 3. The molecule has 0 spiro atoms. The van der Waals surface area contributed by atoms with Crippen LogP contribution in [-0.4, -0.2) is 46.7 Å². The van der Waals surface area contributed by atoms with Gasteiger partial charge in [-0.25, -0.2) is 9.97 Å². The van der Waals surface area contributed by atoms with E-state index in [1.165, 1.54) is 17.3 Å². The zero-order valence-electron chi connectivity index (χ0n) is 15.2. The summed E-state index contributed by atoms with van der Waals surface area (Å²) < 4.78 is 0. The van der Waals surface area contributed by atoms with Gasteiger partial charge in [0.15, 0.2) is 5.16 Å². The van der Waals surface area contributed by atoms with E-state index in [0.29, 0.717) is 17.5 Å². The highest BCUT2D eigenvalue weighted by atomic mass is 32.2. The minimum atomic E-state index is 0.0264. The largest absolute Gasteiger partial charge is 0.355 e. The van der Waals surface area contributed by atoms with Crippen LogP contribution in [0.2, 0.25) is 0 Å². The first-order chi connectivity index (χ1) is 12.0. The van der Waals surface area contributed by atoms with Crippen LogP contribution in [0.5, 0.6) is 0 Å². The van der Waals surface area contributed by atoms with Crippen LogP contribution in [-0.2, 0) is 11.3 Å². The molecule has 0 unspecified atom stereocenters. The number of hydrogen-bond donors (Lipinski definition) is 1. The monoisotopic (exact) mass is 358 g/mol. The maximum Gasteiger partial charge on any atom is 0.230 e. The molecule has 2 aromatic rings. The van der Waals surface area contributed by atoms with Gasteiger partial charge in [-0.1, -0.05) is 42.1 Å². The predicted molar refractivity (Wildman–Crippen MR) is 103 cm³/mol. The van der Waals surface area contributed by atoms with Crippen molar-refractivity contribution >= 4 is 17.7 Å². The van der Waals surface area contributed by atoms with Gasteiger partial charge in [0.1, 0.15) is 0 Å². The summed E-state index contributed by atoms with van der Waals surface area (Å²) in [5.74, 6) is 0.376. The maximum atomic E-state index is 11.9. The van der Waals surface area contributed by atoms with Crippen LogP contribution in [0.1, 0.15) is 23.4 Å². The van der Waals surface area contributed by atoms with Crippen LogP contribution >= 0.6 is 11.8 Å². The van der Waals surface area contributed by atoms with Gasteiger partial charge in [0.2, 0.25) is 5.91 Å². The van der Waals surface area contributed by atoms with Crippen molar-refractivity contribution in [3.8, 4) is 0 Å². The fraction of sp³-hybridized carbons (Fsp3) is 0.421. The van der Waals surface area contributed by atoms with Crippen LogP contribution in [0.3, 0.4) is 0 Å². The second-order valence-electron chi connectivity index (χ2n) is 6.15. The molecule has 0 atom stereocenters. The zero-order chi connectivity index (χ0) is 18.1. The number of aryl methyl sites for hydroxylation is 2. The first-order valence-corrected chi connectivity index (χ1v) is 9.46. The first-order valence-electron chi connectivity index (χ1n) is 8.47. The molecule has 6 heteroatoms. The van der Waals surface area contributed by atoms with Crippen molar-refractivity contribution in [3.05, 3.63) is 53.3 Å². The van der Waals surface area contributed by atoms with Gasteiger partial charge in [-0.05, 0) is 45.5 Å². The van der Waals surface area contributed by atoms with Crippen molar-refractivity contribution in [1.29, 1.82) is 0 Å². The molecule has 1 amide bonds. The molecule has 0 aliphatic heterocycles. The van der Waals surface area contributed by atoms with Gasteiger partial charge in [0.25, 0.3) is 0 Å². The SMILES string of the molecule is Cc1cc(C)nc(SCC(=O)NCCCN(C)Cc2ccccc2)n1. The lowest BCUT2D eigenvalue weighted by atomic mass is 10.2. The molecule has 0 aliphatic carbocycles. The molecular weight excluding hydrogens is 332 g/mol. The summed E-state index contributed by atoms with van der Waals surface area (Å²) in [7, 11) is 2.10. The van der Waals surface area contributed by atoms with Crippen molar-refractivity contribution < 1.29 is 4.79 Å². The summed E-state index contributed by atoms with van der Waals surface area (Å²) in [6, 6.07) is 12.3. The summed E-state index contributed by atoms with van der Waals surface area (Å²) in [5.41, 5.74) is 3.16. The molecule has 1 heterocycles. The summed E-state index contributed by atoms with van der Waals surface area (Å²) in [5, 5.41) is 3.62. The molecule has 1 aromatic heterocycles. The van der Waals surface area contributed by atoms with Crippen LogP contribution in [0.25, 0.3) is 0 Å². The molecule has 2 rings (SSSR count). The normalized spacial score (nSPS) is 10.9. The second kappa shape index (κ2) is 10.2. The topological polar surface area (TPSA) is 58.1 Å². The van der Waals surface area contributed by atoms with E-state index in [1.54, 1.807) is 0 Å². The zero-order valence-corrected chi connectivity index (χ0v) is 16.0. The number of rotatable bonds is 9. The number of carbonyl (C=O) groups excluding carboxylic acids is 1. The number of thioether (sulfide) groups is 1. The third kappa shape index (κ3) is 7.67. The van der Waals surface area contributed by atoms with E-state index >= 15 is 0 Å². The van der Waals surface area contributed by atoms with E-state index in [4.69, 9.17) is 0 Å². The van der Waals surface area contributed by atoms with Crippen molar-refractivity contribution in [2.24, 2.45) is 0 Å². The number of aromatic nitrogens is 2. The van der Waals surface area contributed by atoms with Crippen LogP contribution < -0.4 is 5.32 Å². The molecule has 0 saturated heterocycles. The summed E-state index contributed by atoms with van der Waals surface area (Å²) in [4.78, 5) is 22.8. The molecule has 0 saturated carbocycles. The molecule has 5 nitrogen and oxygen atoms in total. The molecule has 1 N–H and O–H groups in total. The third-order valence-corrected chi connectivity index (χ3v) is 4.48. The van der Waals surface area contributed by atoms with Gasteiger partial charge in [-0.15, -0.1) is 0 Å². The lowest BCUT2D eigenvalue weighted by Gasteiger charge is -2.16. The number of amides is 1. The van der Waals surface area contributed by atoms with Gasteiger partial charge in [-0.3, -0.25) is 4.79 Å². The van der Waals surface area contributed by atoms with Gasteiger partial charge in [0, 0.05) is 24.5 Å². The molecule has 1 aromatic carbocycles. The van der Waals surface area contributed by atoms with E-state index in [0.717, 1.165) is 30.9 Å². The minimum absolute atomic E-state index is 0.0264. The van der Waals surface area contributed by atoms with Gasteiger partial charge in [0.05, 0.1) is 5.75 Å². The summed E-state index contributed by atoms with van der Waals surface area (Å²) in [6.07, 6.45) is 0.930. The highest BCUT2D eigenvalue weighted by molar-refractivity contribution is 7.99. The molecular formula is C19H26N4OS. The Kier molecular flexibility index (Phi) is 7.88. The molecule has 0 fully saturated rings. The van der Waals surface area contributed by atoms with E-state index in [-0.39, 0.29) is 5.91 Å². The molecule has 0 radical (unpaired) electrons. The quantitative estimate of drug-likeness (QED) is 0.424. The number of nitrogens with one attached hydrogen (secondary N) is 1. The fourth-order valence-electron chi connectivity index (χ4n) is 2.49. The number of hydrogen-bond acceptors (Lipinski definition) is 5. The average Bonchev–Trinajstić information content (AvgIpc) is 2.57. The van der Waals surface area contributed by atoms with Crippen molar-refractivity contribution in [3.63, 3.8) is 0 Å². The van der Waals surface area contributed by atoms with Gasteiger partial charge < -0.3 is 10.2 Å². The Labute approximate surface area is 154 Å². The van der Waals surface area contributed by atoms with Crippen molar-refractivity contribution in [1.82, 2.24) is 20.2 Å². The lowest BCUT2D eigenvalue weighted by molar-refractivity contribution is -0.118. The second-order valence-corrected chi connectivity index (χ2v) is 7.09. The highest BCUT2D eigenvalue weighted by Crippen LogP contribution is 2.13. The molecule has 0 bridgehead atoms. The molecule has 134 valence electrons. The third-order valence-electron chi connectivity index (χ3n) is 3.63. The van der Waals surface area contributed by atoms with E-state index in [2.05, 4.69) is 51.5 Å². The number of carbonyl (C=O) groups is 1. The van der Waals surface area contributed by atoms with Crippen LogP contribution in [0, 0.1) is 13.8 Å². The molecule has 0 aliphatic rings. The molecule has 25 heavy (non-hydrogen) atoms. The van der Waals surface area contributed by atoms with E-state index in [1.807, 2.05) is 26.0 Å². The fourth-order valence-corrected chi connectivity index (χ4v) is 3.27. The van der Waals surface area contributed by atoms with Gasteiger partial charge >= 0.3 is 0 Å². The first kappa shape index (κ1) is 19.4. The maximum absolute atomic E-state index is 11.9. The summed E-state index contributed by atoms with van der Waals surface area (Å²) >= 11 is 1.38. The van der Waals surface area contributed by atoms with Gasteiger partial charge in [-0.2, -0.15) is 0 Å². The smallest absolute Gasteiger partial charge is 0.230 e. The number of benzene rings is 1. The summed E-state index contributed by atoms with van der Waals surface area (Å²) in [6.45, 7) is 6.43. The van der Waals surface area contributed by atoms with Crippen molar-refractivity contribution in [2.75, 3.05) is 25.9 Å². The highest BCUT2D eigenvalue weighted by Gasteiger charge is 2.06.